The fraction of sp³-hybridized carbons (Fsp3) is 0.500. The number of amides is 1. The number of fused-ring (bicyclic) bond motifs is 1. The summed E-state index contributed by atoms with van der Waals surface area (Å²) in [6.07, 6.45) is 2.73. The summed E-state index contributed by atoms with van der Waals surface area (Å²) in [5, 5.41) is 3.03. The fourth-order valence-corrected chi connectivity index (χ4v) is 2.31. The van der Waals surface area contributed by atoms with Crippen molar-refractivity contribution in [2.24, 2.45) is 0 Å². The van der Waals surface area contributed by atoms with E-state index in [1.54, 1.807) is 0 Å². The molecule has 1 aliphatic rings. The summed E-state index contributed by atoms with van der Waals surface area (Å²) in [5.41, 5.74) is 3.65. The maximum atomic E-state index is 12.1. The second kappa shape index (κ2) is 6.76. The van der Waals surface area contributed by atoms with Gasteiger partial charge in [-0.25, -0.2) is 0 Å². The van der Waals surface area contributed by atoms with Gasteiger partial charge in [-0.2, -0.15) is 0 Å². The van der Waals surface area contributed by atoms with Crippen molar-refractivity contribution in [1.82, 2.24) is 5.32 Å². The van der Waals surface area contributed by atoms with E-state index in [2.05, 4.69) is 30.4 Å². The van der Waals surface area contributed by atoms with E-state index in [4.69, 9.17) is 0 Å². The van der Waals surface area contributed by atoms with E-state index in [1.165, 1.54) is 11.1 Å². The molecule has 0 spiro atoms. The molecule has 4 heteroatoms. The molecule has 1 N–H and O–H groups in total. The summed E-state index contributed by atoms with van der Waals surface area (Å²) >= 11 is 0. The van der Waals surface area contributed by atoms with Crippen LogP contribution in [0.4, 0.5) is 5.69 Å². The molecule has 1 amide bonds. The van der Waals surface area contributed by atoms with Crippen LogP contribution in [0.2, 0.25) is 0 Å². The molecule has 0 aromatic heterocycles. The molecule has 0 aliphatic carbocycles. The highest BCUT2D eigenvalue weighted by molar-refractivity contribution is 5.94. The average molecular weight is 269 g/mol. The molecule has 100 valence electrons. The Kier molecular flexibility index (Phi) is 5.63. The van der Waals surface area contributed by atoms with Gasteiger partial charge in [-0.1, -0.05) is 12.1 Å². The number of carbonyl (C=O) groups excluding carboxylic acids is 1. The summed E-state index contributed by atoms with van der Waals surface area (Å²) in [5.74, 6) is 0.228. The van der Waals surface area contributed by atoms with Crippen LogP contribution < -0.4 is 10.2 Å². The molecular formula is C14H21ClN2O. The zero-order valence-electron chi connectivity index (χ0n) is 11.0. The van der Waals surface area contributed by atoms with E-state index in [-0.39, 0.29) is 18.3 Å². The lowest BCUT2D eigenvalue weighted by molar-refractivity contribution is -0.118. The number of rotatable bonds is 3. The molecule has 0 atom stereocenters. The molecule has 1 aliphatic heterocycles. The van der Waals surface area contributed by atoms with E-state index >= 15 is 0 Å². The van der Waals surface area contributed by atoms with E-state index < -0.39 is 0 Å². The van der Waals surface area contributed by atoms with Gasteiger partial charge in [-0.15, -0.1) is 12.4 Å². The molecule has 0 bridgehead atoms. The lowest BCUT2D eigenvalue weighted by Crippen LogP contribution is -2.36. The third-order valence-corrected chi connectivity index (χ3v) is 3.25. The molecule has 0 unspecified atom stereocenters. The van der Waals surface area contributed by atoms with Crippen LogP contribution >= 0.6 is 12.4 Å². The van der Waals surface area contributed by atoms with Crippen LogP contribution in [-0.4, -0.2) is 26.0 Å². The number of halogens is 1. The van der Waals surface area contributed by atoms with Crippen LogP contribution in [-0.2, 0) is 11.2 Å². The van der Waals surface area contributed by atoms with Crippen molar-refractivity contribution in [2.45, 2.75) is 26.2 Å². The Hall–Kier alpha value is -1.06. The van der Waals surface area contributed by atoms with Crippen molar-refractivity contribution in [2.75, 3.05) is 25.0 Å². The zero-order chi connectivity index (χ0) is 12.3. The third kappa shape index (κ3) is 3.24. The van der Waals surface area contributed by atoms with Crippen molar-refractivity contribution in [3.8, 4) is 0 Å². The number of aryl methyl sites for hydroxylation is 2. The quantitative estimate of drug-likeness (QED) is 0.912. The number of benzene rings is 1. The Labute approximate surface area is 115 Å². The molecule has 0 fully saturated rings. The van der Waals surface area contributed by atoms with Crippen LogP contribution in [0.5, 0.6) is 0 Å². The Morgan fingerprint density at radius 2 is 2.22 bits per heavy atom. The first-order valence-electron chi connectivity index (χ1n) is 6.27. The summed E-state index contributed by atoms with van der Waals surface area (Å²) in [4.78, 5) is 14.1. The average Bonchev–Trinajstić information content (AvgIpc) is 2.35. The van der Waals surface area contributed by atoms with Crippen LogP contribution in [0.15, 0.2) is 18.2 Å². The van der Waals surface area contributed by atoms with Gasteiger partial charge in [0.1, 0.15) is 0 Å². The SMILES string of the molecule is CNCCC(=O)N1CCCc2ccc(C)cc21.Cl. The molecular weight excluding hydrogens is 248 g/mol. The molecule has 1 aromatic carbocycles. The Bertz CT molecular complexity index is 420. The first-order valence-corrected chi connectivity index (χ1v) is 6.27. The van der Waals surface area contributed by atoms with Gasteiger partial charge in [0.05, 0.1) is 0 Å². The summed E-state index contributed by atoms with van der Waals surface area (Å²) in [7, 11) is 1.88. The van der Waals surface area contributed by atoms with Gasteiger partial charge in [-0.3, -0.25) is 4.79 Å². The van der Waals surface area contributed by atoms with Crippen molar-refractivity contribution >= 4 is 24.0 Å². The Morgan fingerprint density at radius 3 is 2.94 bits per heavy atom. The normalized spacial score (nSPS) is 13.8. The summed E-state index contributed by atoms with van der Waals surface area (Å²) in [6.45, 7) is 3.68. The maximum Gasteiger partial charge on any atom is 0.228 e. The molecule has 18 heavy (non-hydrogen) atoms. The van der Waals surface area contributed by atoms with Gasteiger partial charge >= 0.3 is 0 Å². The highest BCUT2D eigenvalue weighted by Crippen LogP contribution is 2.28. The van der Waals surface area contributed by atoms with Gasteiger partial charge in [-0.05, 0) is 44.0 Å². The third-order valence-electron chi connectivity index (χ3n) is 3.25. The number of nitrogens with one attached hydrogen (secondary N) is 1. The highest BCUT2D eigenvalue weighted by Gasteiger charge is 2.21. The van der Waals surface area contributed by atoms with Gasteiger partial charge in [0, 0.05) is 25.2 Å². The monoisotopic (exact) mass is 268 g/mol. The molecule has 0 saturated heterocycles. The Balaban J connectivity index is 0.00000162. The Morgan fingerprint density at radius 1 is 1.44 bits per heavy atom. The minimum atomic E-state index is 0. The van der Waals surface area contributed by atoms with Crippen molar-refractivity contribution < 1.29 is 4.79 Å². The minimum absolute atomic E-state index is 0. The van der Waals surface area contributed by atoms with Crippen LogP contribution in [0.25, 0.3) is 0 Å². The lowest BCUT2D eigenvalue weighted by Gasteiger charge is -2.30. The van der Waals surface area contributed by atoms with Crippen LogP contribution in [0.3, 0.4) is 0 Å². The van der Waals surface area contributed by atoms with E-state index in [1.807, 2.05) is 11.9 Å². The number of hydrogen-bond donors (Lipinski definition) is 1. The predicted molar refractivity (Wildman–Crippen MR) is 77.6 cm³/mol. The van der Waals surface area contributed by atoms with Crippen LogP contribution in [0.1, 0.15) is 24.0 Å². The summed E-state index contributed by atoms with van der Waals surface area (Å²) < 4.78 is 0. The second-order valence-corrected chi connectivity index (χ2v) is 4.63. The number of carbonyl (C=O) groups is 1. The van der Waals surface area contributed by atoms with Crippen molar-refractivity contribution in [3.63, 3.8) is 0 Å². The fourth-order valence-electron chi connectivity index (χ4n) is 2.31. The first kappa shape index (κ1) is 15.0. The molecule has 2 rings (SSSR count). The minimum Gasteiger partial charge on any atom is -0.319 e. The van der Waals surface area contributed by atoms with Gasteiger partial charge < -0.3 is 10.2 Å². The van der Waals surface area contributed by atoms with Gasteiger partial charge in [0.15, 0.2) is 0 Å². The molecule has 1 heterocycles. The lowest BCUT2D eigenvalue weighted by atomic mass is 9.99. The van der Waals surface area contributed by atoms with Gasteiger partial charge in [0.25, 0.3) is 0 Å². The van der Waals surface area contributed by atoms with E-state index in [0.29, 0.717) is 6.42 Å². The first-order chi connectivity index (χ1) is 8.22. The van der Waals surface area contributed by atoms with E-state index in [0.717, 1.165) is 31.6 Å². The zero-order valence-corrected chi connectivity index (χ0v) is 11.8. The second-order valence-electron chi connectivity index (χ2n) is 4.63. The summed E-state index contributed by atoms with van der Waals surface area (Å²) in [6, 6.07) is 6.41. The smallest absolute Gasteiger partial charge is 0.228 e. The molecule has 3 nitrogen and oxygen atoms in total. The van der Waals surface area contributed by atoms with Gasteiger partial charge in [0.2, 0.25) is 5.91 Å². The molecule has 0 saturated carbocycles. The maximum absolute atomic E-state index is 12.1. The van der Waals surface area contributed by atoms with Crippen molar-refractivity contribution in [3.05, 3.63) is 29.3 Å². The van der Waals surface area contributed by atoms with Crippen LogP contribution in [0, 0.1) is 6.92 Å². The predicted octanol–water partition coefficient (Wildman–Crippen LogP) is 2.31. The van der Waals surface area contributed by atoms with E-state index in [9.17, 15) is 4.79 Å². The largest absolute Gasteiger partial charge is 0.319 e. The molecule has 1 aromatic rings. The van der Waals surface area contributed by atoms with Crippen molar-refractivity contribution in [1.29, 1.82) is 0 Å². The standard InChI is InChI=1S/C14H20N2O.ClH/c1-11-5-6-12-4-3-9-16(13(12)10-11)14(17)7-8-15-2;/h5-6,10,15H,3-4,7-9H2,1-2H3;1H. The number of nitrogens with zero attached hydrogens (tertiary/aromatic N) is 1. The molecule has 0 radical (unpaired) electrons. The highest BCUT2D eigenvalue weighted by atomic mass is 35.5. The topological polar surface area (TPSA) is 32.3 Å². The number of anilines is 1. The number of hydrogen-bond acceptors (Lipinski definition) is 2.